The average Bonchev–Trinajstić information content (AvgIpc) is 2.15. The number of rotatable bonds is 4. The summed E-state index contributed by atoms with van der Waals surface area (Å²) in [6, 6.07) is 4.68. The standard InChI is InChI=1S/C11H19N3/c1-9(2)14(8-10(3)12)11-4-6-13-7-5-11/h4-7,9-10H,8,12H2,1-3H3. The molecule has 0 bridgehead atoms. The van der Waals surface area contributed by atoms with Gasteiger partial charge in [-0.15, -0.1) is 0 Å². The largest absolute Gasteiger partial charge is 0.367 e. The minimum atomic E-state index is 0.186. The monoisotopic (exact) mass is 193 g/mol. The van der Waals surface area contributed by atoms with Gasteiger partial charge in [0.25, 0.3) is 0 Å². The highest BCUT2D eigenvalue weighted by Crippen LogP contribution is 2.15. The van der Waals surface area contributed by atoms with Crippen LogP contribution in [0.3, 0.4) is 0 Å². The molecule has 1 aromatic rings. The molecule has 1 atom stereocenters. The highest BCUT2D eigenvalue weighted by molar-refractivity contribution is 5.45. The maximum atomic E-state index is 5.81. The lowest BCUT2D eigenvalue weighted by atomic mass is 10.2. The average molecular weight is 193 g/mol. The van der Waals surface area contributed by atoms with E-state index in [4.69, 9.17) is 5.73 Å². The van der Waals surface area contributed by atoms with Crippen LogP contribution in [0.25, 0.3) is 0 Å². The maximum Gasteiger partial charge on any atom is 0.0399 e. The van der Waals surface area contributed by atoms with E-state index in [0.717, 1.165) is 6.54 Å². The van der Waals surface area contributed by atoms with Gasteiger partial charge in [-0.1, -0.05) is 0 Å². The quantitative estimate of drug-likeness (QED) is 0.790. The first-order valence-electron chi connectivity index (χ1n) is 5.03. The second-order valence-electron chi connectivity index (χ2n) is 3.93. The van der Waals surface area contributed by atoms with Crippen LogP contribution in [-0.4, -0.2) is 23.6 Å². The fourth-order valence-corrected chi connectivity index (χ4v) is 1.46. The number of nitrogens with zero attached hydrogens (tertiary/aromatic N) is 2. The summed E-state index contributed by atoms with van der Waals surface area (Å²) < 4.78 is 0. The van der Waals surface area contributed by atoms with E-state index in [-0.39, 0.29) is 6.04 Å². The fourth-order valence-electron chi connectivity index (χ4n) is 1.46. The van der Waals surface area contributed by atoms with Crippen LogP contribution in [0.4, 0.5) is 5.69 Å². The van der Waals surface area contributed by atoms with Crippen LogP contribution in [0, 0.1) is 0 Å². The molecule has 0 aliphatic rings. The van der Waals surface area contributed by atoms with E-state index in [9.17, 15) is 0 Å². The Morgan fingerprint density at radius 2 is 1.86 bits per heavy atom. The van der Waals surface area contributed by atoms with Crippen molar-refractivity contribution in [2.75, 3.05) is 11.4 Å². The molecule has 0 aliphatic heterocycles. The second-order valence-corrected chi connectivity index (χ2v) is 3.93. The van der Waals surface area contributed by atoms with Crippen LogP contribution >= 0.6 is 0 Å². The number of nitrogens with two attached hydrogens (primary N) is 1. The molecule has 3 heteroatoms. The van der Waals surface area contributed by atoms with Crippen molar-refractivity contribution in [3.63, 3.8) is 0 Å². The van der Waals surface area contributed by atoms with Crippen molar-refractivity contribution in [2.45, 2.75) is 32.9 Å². The Labute approximate surface area is 85.9 Å². The Bertz CT molecular complexity index is 256. The zero-order valence-electron chi connectivity index (χ0n) is 9.14. The Kier molecular flexibility index (Phi) is 3.89. The molecule has 0 aromatic carbocycles. The summed E-state index contributed by atoms with van der Waals surface area (Å²) in [5, 5.41) is 0. The van der Waals surface area contributed by atoms with Crippen molar-refractivity contribution >= 4 is 5.69 Å². The fraction of sp³-hybridized carbons (Fsp3) is 0.545. The lowest BCUT2D eigenvalue weighted by Crippen LogP contribution is -2.39. The van der Waals surface area contributed by atoms with Gasteiger partial charge in [0.15, 0.2) is 0 Å². The molecule has 78 valence electrons. The molecule has 0 saturated heterocycles. The van der Waals surface area contributed by atoms with Crippen molar-refractivity contribution in [1.82, 2.24) is 4.98 Å². The highest BCUT2D eigenvalue weighted by atomic mass is 15.2. The normalized spacial score (nSPS) is 12.9. The second kappa shape index (κ2) is 4.96. The Morgan fingerprint density at radius 3 is 2.29 bits per heavy atom. The van der Waals surface area contributed by atoms with Gasteiger partial charge in [0, 0.05) is 36.7 Å². The zero-order chi connectivity index (χ0) is 10.6. The third-order valence-electron chi connectivity index (χ3n) is 2.10. The molecule has 0 saturated carbocycles. The molecule has 14 heavy (non-hydrogen) atoms. The molecule has 2 N–H and O–H groups in total. The van der Waals surface area contributed by atoms with E-state index in [1.807, 2.05) is 31.5 Å². The molecule has 1 unspecified atom stereocenters. The lowest BCUT2D eigenvalue weighted by molar-refractivity contribution is 0.620. The number of anilines is 1. The van der Waals surface area contributed by atoms with E-state index in [0.29, 0.717) is 6.04 Å². The van der Waals surface area contributed by atoms with Crippen molar-refractivity contribution in [3.05, 3.63) is 24.5 Å². The van der Waals surface area contributed by atoms with Gasteiger partial charge in [0.1, 0.15) is 0 Å². The van der Waals surface area contributed by atoms with E-state index >= 15 is 0 Å². The minimum absolute atomic E-state index is 0.186. The Morgan fingerprint density at radius 1 is 1.29 bits per heavy atom. The first-order valence-corrected chi connectivity index (χ1v) is 5.03. The molecular weight excluding hydrogens is 174 g/mol. The molecule has 1 aromatic heterocycles. The van der Waals surface area contributed by atoms with Crippen molar-refractivity contribution in [1.29, 1.82) is 0 Å². The third kappa shape index (κ3) is 3.00. The van der Waals surface area contributed by atoms with Crippen LogP contribution in [0.2, 0.25) is 0 Å². The lowest BCUT2D eigenvalue weighted by Gasteiger charge is -2.30. The highest BCUT2D eigenvalue weighted by Gasteiger charge is 2.11. The summed E-state index contributed by atoms with van der Waals surface area (Å²) in [5.41, 5.74) is 7.00. The van der Waals surface area contributed by atoms with Gasteiger partial charge in [-0.25, -0.2) is 0 Å². The summed E-state index contributed by atoms with van der Waals surface area (Å²) in [6.45, 7) is 7.24. The van der Waals surface area contributed by atoms with Gasteiger partial charge < -0.3 is 10.6 Å². The van der Waals surface area contributed by atoms with Gasteiger partial charge in [-0.3, -0.25) is 4.98 Å². The number of hydrogen-bond acceptors (Lipinski definition) is 3. The van der Waals surface area contributed by atoms with Crippen LogP contribution in [-0.2, 0) is 0 Å². The molecular formula is C11H19N3. The molecule has 3 nitrogen and oxygen atoms in total. The molecule has 0 fully saturated rings. The number of pyridine rings is 1. The van der Waals surface area contributed by atoms with Crippen molar-refractivity contribution in [3.8, 4) is 0 Å². The summed E-state index contributed by atoms with van der Waals surface area (Å²) >= 11 is 0. The van der Waals surface area contributed by atoms with E-state index in [2.05, 4.69) is 23.7 Å². The van der Waals surface area contributed by atoms with Crippen LogP contribution in [0.5, 0.6) is 0 Å². The summed E-state index contributed by atoms with van der Waals surface area (Å²) in [5.74, 6) is 0. The minimum Gasteiger partial charge on any atom is -0.367 e. The molecule has 0 radical (unpaired) electrons. The summed E-state index contributed by atoms with van der Waals surface area (Å²) in [7, 11) is 0. The molecule has 1 rings (SSSR count). The van der Waals surface area contributed by atoms with Crippen molar-refractivity contribution in [2.24, 2.45) is 5.73 Å². The molecule has 0 spiro atoms. The first kappa shape index (κ1) is 11.0. The van der Waals surface area contributed by atoms with E-state index in [1.165, 1.54) is 5.69 Å². The van der Waals surface area contributed by atoms with Gasteiger partial charge in [-0.05, 0) is 32.9 Å². The Hall–Kier alpha value is -1.09. The predicted octanol–water partition coefficient (Wildman–Crippen LogP) is 1.64. The third-order valence-corrected chi connectivity index (χ3v) is 2.10. The van der Waals surface area contributed by atoms with Crippen LogP contribution < -0.4 is 10.6 Å². The SMILES string of the molecule is CC(N)CN(c1ccncc1)C(C)C. The topological polar surface area (TPSA) is 42.1 Å². The van der Waals surface area contributed by atoms with Gasteiger partial charge in [0.2, 0.25) is 0 Å². The summed E-state index contributed by atoms with van der Waals surface area (Å²) in [4.78, 5) is 6.29. The van der Waals surface area contributed by atoms with Crippen molar-refractivity contribution < 1.29 is 0 Å². The van der Waals surface area contributed by atoms with E-state index in [1.54, 1.807) is 0 Å². The number of hydrogen-bond donors (Lipinski definition) is 1. The van der Waals surface area contributed by atoms with Crippen LogP contribution in [0.15, 0.2) is 24.5 Å². The molecule has 0 aliphatic carbocycles. The van der Waals surface area contributed by atoms with Gasteiger partial charge in [-0.2, -0.15) is 0 Å². The smallest absolute Gasteiger partial charge is 0.0399 e. The van der Waals surface area contributed by atoms with Gasteiger partial charge >= 0.3 is 0 Å². The van der Waals surface area contributed by atoms with Crippen LogP contribution in [0.1, 0.15) is 20.8 Å². The zero-order valence-corrected chi connectivity index (χ0v) is 9.14. The summed E-state index contributed by atoms with van der Waals surface area (Å²) in [6.07, 6.45) is 3.62. The molecule has 0 amide bonds. The predicted molar refractivity (Wildman–Crippen MR) is 60.4 cm³/mol. The Balaban J connectivity index is 2.78. The number of aromatic nitrogens is 1. The maximum absolute atomic E-state index is 5.81. The molecule has 1 heterocycles. The first-order chi connectivity index (χ1) is 6.61. The van der Waals surface area contributed by atoms with Gasteiger partial charge in [0.05, 0.1) is 0 Å². The van der Waals surface area contributed by atoms with E-state index < -0.39 is 0 Å².